The number of nitrogens with one attached hydrogen (secondary N) is 1. The summed E-state index contributed by atoms with van der Waals surface area (Å²) in [4.78, 5) is 53.8. The van der Waals surface area contributed by atoms with Crippen LogP contribution < -0.4 is 15.8 Å². The number of likely N-dealkylation sites (tertiary alicyclic amines) is 1. The van der Waals surface area contributed by atoms with E-state index in [0.29, 0.717) is 29.4 Å². The number of benzene rings is 1. The van der Waals surface area contributed by atoms with Crippen molar-refractivity contribution in [2.45, 2.75) is 19.3 Å². The van der Waals surface area contributed by atoms with E-state index in [1.165, 1.54) is 21.7 Å². The molecule has 162 valence electrons. The van der Waals surface area contributed by atoms with Gasteiger partial charge in [-0.3, -0.25) is 19.2 Å². The van der Waals surface area contributed by atoms with Crippen LogP contribution in [0.5, 0.6) is 0 Å². The lowest BCUT2D eigenvalue weighted by Gasteiger charge is -2.18. The van der Waals surface area contributed by atoms with Crippen LogP contribution in [0.15, 0.2) is 41.3 Å². The van der Waals surface area contributed by atoms with Crippen LogP contribution in [0.2, 0.25) is 5.02 Å². The van der Waals surface area contributed by atoms with Gasteiger partial charge in [-0.2, -0.15) is 0 Å². The van der Waals surface area contributed by atoms with Crippen LogP contribution in [-0.4, -0.2) is 46.8 Å². The largest absolute Gasteiger partial charge is 0.339 e. The number of aryl methyl sites for hydroxylation is 1. The normalized spacial score (nSPS) is 18.5. The molecule has 31 heavy (non-hydrogen) atoms. The molecule has 1 aromatic carbocycles. The van der Waals surface area contributed by atoms with Gasteiger partial charge in [-0.1, -0.05) is 11.6 Å². The van der Waals surface area contributed by atoms with Gasteiger partial charge < -0.3 is 19.7 Å². The third-order valence-electron chi connectivity index (χ3n) is 5.72. The van der Waals surface area contributed by atoms with E-state index >= 15 is 0 Å². The zero-order valence-electron chi connectivity index (χ0n) is 17.1. The molecule has 0 aliphatic carbocycles. The topological polar surface area (TPSA) is 91.7 Å². The maximum absolute atomic E-state index is 12.8. The predicted octanol–water partition coefficient (Wildman–Crippen LogP) is 2.27. The van der Waals surface area contributed by atoms with Gasteiger partial charge in [0.25, 0.3) is 11.5 Å². The van der Waals surface area contributed by atoms with Crippen molar-refractivity contribution in [3.05, 3.63) is 57.5 Å². The minimum absolute atomic E-state index is 0.0370. The minimum Gasteiger partial charge on any atom is -0.339 e. The molecule has 2 aliphatic heterocycles. The smallest absolute Gasteiger partial charge is 0.274 e. The first-order chi connectivity index (χ1) is 14.8. The third-order valence-corrected chi connectivity index (χ3v) is 5.97. The highest BCUT2D eigenvalue weighted by atomic mass is 35.5. The van der Waals surface area contributed by atoms with Gasteiger partial charge in [0.15, 0.2) is 0 Å². The van der Waals surface area contributed by atoms with E-state index in [9.17, 15) is 19.2 Å². The molecule has 1 atom stereocenters. The number of pyridine rings is 1. The number of carbonyl (C=O) groups excluding carboxylic acids is 3. The molecule has 0 radical (unpaired) electrons. The number of rotatable bonds is 4. The summed E-state index contributed by atoms with van der Waals surface area (Å²) in [5.41, 5.74) is 0.642. The summed E-state index contributed by atoms with van der Waals surface area (Å²) in [7, 11) is 1.54. The number of hydrogen-bond donors (Lipinski definition) is 1. The molecule has 1 N–H and O–H groups in total. The Hall–Kier alpha value is -3.13. The van der Waals surface area contributed by atoms with Crippen LogP contribution >= 0.6 is 11.6 Å². The van der Waals surface area contributed by atoms with E-state index in [-0.39, 0.29) is 30.5 Å². The molecule has 3 heterocycles. The Kier molecular flexibility index (Phi) is 5.82. The molecule has 2 fully saturated rings. The zero-order chi connectivity index (χ0) is 22.1. The minimum atomic E-state index is -0.606. The Morgan fingerprint density at radius 3 is 2.45 bits per heavy atom. The van der Waals surface area contributed by atoms with Gasteiger partial charge in [-0.25, -0.2) is 0 Å². The summed E-state index contributed by atoms with van der Waals surface area (Å²) in [5, 5.41) is 3.20. The van der Waals surface area contributed by atoms with Gasteiger partial charge in [0.2, 0.25) is 11.8 Å². The van der Waals surface area contributed by atoms with Gasteiger partial charge >= 0.3 is 0 Å². The first kappa shape index (κ1) is 21.1. The molecule has 2 saturated heterocycles. The van der Waals surface area contributed by atoms with Crippen molar-refractivity contribution in [2.75, 3.05) is 29.9 Å². The number of amides is 3. The fourth-order valence-corrected chi connectivity index (χ4v) is 4.14. The second kappa shape index (κ2) is 8.55. The summed E-state index contributed by atoms with van der Waals surface area (Å²) >= 11 is 5.90. The molecule has 4 rings (SSSR count). The Balaban J connectivity index is 1.50. The molecule has 3 amide bonds. The van der Waals surface area contributed by atoms with Crippen LogP contribution in [0.3, 0.4) is 0 Å². The van der Waals surface area contributed by atoms with E-state index in [4.69, 9.17) is 11.6 Å². The molecule has 2 aromatic rings. The SMILES string of the molecule is Cn1cc(C(=O)N2CCCC2)cc(NC(=O)C2CC(=O)N(c3ccc(Cl)cc3)C2)c1=O. The van der Waals surface area contributed by atoms with E-state index < -0.39 is 17.4 Å². The number of aromatic nitrogens is 1. The lowest BCUT2D eigenvalue weighted by molar-refractivity contribution is -0.122. The molecule has 1 aromatic heterocycles. The Labute approximate surface area is 184 Å². The first-order valence-corrected chi connectivity index (χ1v) is 10.6. The highest BCUT2D eigenvalue weighted by molar-refractivity contribution is 6.30. The Bertz CT molecular complexity index is 1090. The van der Waals surface area contributed by atoms with Gasteiger partial charge in [0, 0.05) is 50.0 Å². The fourth-order valence-electron chi connectivity index (χ4n) is 4.01. The highest BCUT2D eigenvalue weighted by Crippen LogP contribution is 2.27. The van der Waals surface area contributed by atoms with E-state index in [1.54, 1.807) is 36.2 Å². The number of carbonyl (C=O) groups is 3. The maximum Gasteiger partial charge on any atom is 0.274 e. The van der Waals surface area contributed by atoms with Crippen molar-refractivity contribution < 1.29 is 14.4 Å². The molecule has 2 aliphatic rings. The van der Waals surface area contributed by atoms with Crippen LogP contribution in [0.1, 0.15) is 29.6 Å². The first-order valence-electron chi connectivity index (χ1n) is 10.2. The lowest BCUT2D eigenvalue weighted by atomic mass is 10.1. The van der Waals surface area contributed by atoms with E-state index in [0.717, 1.165) is 12.8 Å². The van der Waals surface area contributed by atoms with E-state index in [2.05, 4.69) is 5.32 Å². The van der Waals surface area contributed by atoms with Crippen LogP contribution in [0.4, 0.5) is 11.4 Å². The van der Waals surface area contributed by atoms with Gasteiger partial charge in [0.1, 0.15) is 5.69 Å². The Morgan fingerprint density at radius 1 is 1.10 bits per heavy atom. The van der Waals surface area contributed by atoms with Gasteiger partial charge in [0.05, 0.1) is 11.5 Å². The maximum atomic E-state index is 12.8. The molecule has 8 nitrogen and oxygen atoms in total. The average Bonchev–Trinajstić information content (AvgIpc) is 3.41. The van der Waals surface area contributed by atoms with Crippen molar-refractivity contribution >= 4 is 40.7 Å². The number of nitrogens with zero attached hydrogens (tertiary/aromatic N) is 3. The standard InChI is InChI=1S/C22H23ClN4O4/c1-25-12-15(21(30)26-8-2-3-9-26)10-18(22(25)31)24-20(29)14-11-19(28)27(13-14)17-6-4-16(23)5-7-17/h4-7,10,12,14H,2-3,8-9,11,13H2,1H3,(H,24,29). The summed E-state index contributed by atoms with van der Waals surface area (Å²) in [6, 6.07) is 8.25. The monoisotopic (exact) mass is 442 g/mol. The van der Waals surface area contributed by atoms with Gasteiger partial charge in [-0.15, -0.1) is 0 Å². The van der Waals surface area contributed by atoms with Crippen molar-refractivity contribution in [1.29, 1.82) is 0 Å². The summed E-state index contributed by atoms with van der Waals surface area (Å²) in [6.45, 7) is 1.58. The zero-order valence-corrected chi connectivity index (χ0v) is 17.9. The van der Waals surface area contributed by atoms with Crippen molar-refractivity contribution in [3.8, 4) is 0 Å². The quantitative estimate of drug-likeness (QED) is 0.786. The molecule has 0 spiro atoms. The number of anilines is 2. The van der Waals surface area contributed by atoms with Gasteiger partial charge in [-0.05, 0) is 43.2 Å². The predicted molar refractivity (Wildman–Crippen MR) is 117 cm³/mol. The average molecular weight is 443 g/mol. The number of hydrogen-bond acceptors (Lipinski definition) is 4. The Morgan fingerprint density at radius 2 is 1.77 bits per heavy atom. The second-order valence-corrected chi connectivity index (χ2v) is 8.37. The molecule has 1 unspecified atom stereocenters. The second-order valence-electron chi connectivity index (χ2n) is 7.93. The molecule has 9 heteroatoms. The number of halogens is 1. The van der Waals surface area contributed by atoms with Crippen molar-refractivity contribution in [2.24, 2.45) is 13.0 Å². The third kappa shape index (κ3) is 4.34. The molecular formula is C22H23ClN4O4. The van der Waals surface area contributed by atoms with Crippen LogP contribution in [0, 0.1) is 5.92 Å². The van der Waals surface area contributed by atoms with E-state index in [1.807, 2.05) is 0 Å². The van der Waals surface area contributed by atoms with Crippen LogP contribution in [0.25, 0.3) is 0 Å². The molecule has 0 saturated carbocycles. The summed E-state index contributed by atoms with van der Waals surface area (Å²) in [5.74, 6) is -1.36. The van der Waals surface area contributed by atoms with Crippen molar-refractivity contribution in [3.63, 3.8) is 0 Å². The fraction of sp³-hybridized carbons (Fsp3) is 0.364. The highest BCUT2D eigenvalue weighted by Gasteiger charge is 2.35. The van der Waals surface area contributed by atoms with Crippen LogP contribution in [-0.2, 0) is 16.6 Å². The van der Waals surface area contributed by atoms with Crippen molar-refractivity contribution in [1.82, 2.24) is 9.47 Å². The summed E-state index contributed by atoms with van der Waals surface area (Å²) in [6.07, 6.45) is 3.45. The molecule has 0 bridgehead atoms. The lowest BCUT2D eigenvalue weighted by Crippen LogP contribution is -2.32. The summed E-state index contributed by atoms with van der Waals surface area (Å²) < 4.78 is 1.29. The molecular weight excluding hydrogens is 420 g/mol.